The molecular formula is C15H21N3O3. The van der Waals surface area contributed by atoms with Crippen molar-refractivity contribution in [3.8, 4) is 0 Å². The molecule has 0 aromatic heterocycles. The number of rotatable bonds is 4. The minimum absolute atomic E-state index is 0.00787. The fourth-order valence-electron chi connectivity index (χ4n) is 2.02. The molecule has 0 aliphatic carbocycles. The molecule has 1 atom stereocenters. The summed E-state index contributed by atoms with van der Waals surface area (Å²) >= 11 is 0. The van der Waals surface area contributed by atoms with E-state index in [1.807, 2.05) is 0 Å². The van der Waals surface area contributed by atoms with Crippen molar-refractivity contribution in [3.05, 3.63) is 29.8 Å². The molecule has 1 aliphatic heterocycles. The number of hydrogen-bond acceptors (Lipinski definition) is 4. The number of carbonyl (C=O) groups is 2. The topological polar surface area (TPSA) is 84.7 Å². The van der Waals surface area contributed by atoms with Crippen LogP contribution in [-0.4, -0.2) is 49.6 Å². The number of hydrogen-bond donors (Lipinski definition) is 2. The number of nitrogens with two attached hydrogens (primary N) is 1. The maximum atomic E-state index is 12.3. The Morgan fingerprint density at radius 3 is 2.48 bits per heavy atom. The maximum absolute atomic E-state index is 12.3. The van der Waals surface area contributed by atoms with Gasteiger partial charge in [-0.05, 0) is 24.3 Å². The molecule has 6 nitrogen and oxygen atoms in total. The van der Waals surface area contributed by atoms with Crippen molar-refractivity contribution in [2.75, 3.05) is 38.2 Å². The Morgan fingerprint density at radius 1 is 1.29 bits per heavy atom. The SMILES string of the molecule is CC(CN)C(=O)Nc1ccc(C(=O)N2CCOCC2)cc1. The Morgan fingerprint density at radius 2 is 1.90 bits per heavy atom. The summed E-state index contributed by atoms with van der Waals surface area (Å²) in [5.41, 5.74) is 6.73. The minimum atomic E-state index is -0.236. The third kappa shape index (κ3) is 4.03. The van der Waals surface area contributed by atoms with E-state index in [9.17, 15) is 9.59 Å². The number of carbonyl (C=O) groups excluding carboxylic acids is 2. The average molecular weight is 291 g/mol. The van der Waals surface area contributed by atoms with Gasteiger partial charge in [0.05, 0.1) is 13.2 Å². The summed E-state index contributed by atoms with van der Waals surface area (Å²) in [4.78, 5) is 25.8. The third-order valence-electron chi connectivity index (χ3n) is 3.50. The summed E-state index contributed by atoms with van der Waals surface area (Å²) in [6.45, 7) is 4.47. The lowest BCUT2D eigenvalue weighted by atomic mass is 10.1. The summed E-state index contributed by atoms with van der Waals surface area (Å²) in [6, 6.07) is 6.91. The van der Waals surface area contributed by atoms with Crippen LogP contribution in [-0.2, 0) is 9.53 Å². The second-order valence-corrected chi connectivity index (χ2v) is 5.11. The van der Waals surface area contributed by atoms with E-state index in [4.69, 9.17) is 10.5 Å². The molecule has 0 radical (unpaired) electrons. The quantitative estimate of drug-likeness (QED) is 0.855. The first-order valence-electron chi connectivity index (χ1n) is 7.10. The summed E-state index contributed by atoms with van der Waals surface area (Å²) in [5, 5.41) is 2.77. The van der Waals surface area contributed by atoms with Crippen molar-refractivity contribution in [2.45, 2.75) is 6.92 Å². The van der Waals surface area contributed by atoms with Gasteiger partial charge in [-0.2, -0.15) is 0 Å². The van der Waals surface area contributed by atoms with Gasteiger partial charge in [0, 0.05) is 36.8 Å². The predicted molar refractivity (Wildman–Crippen MR) is 80.0 cm³/mol. The zero-order chi connectivity index (χ0) is 15.2. The molecular weight excluding hydrogens is 270 g/mol. The highest BCUT2D eigenvalue weighted by molar-refractivity contribution is 5.96. The first-order valence-corrected chi connectivity index (χ1v) is 7.10. The minimum Gasteiger partial charge on any atom is -0.378 e. The largest absolute Gasteiger partial charge is 0.378 e. The van der Waals surface area contributed by atoms with Crippen LogP contribution in [0.15, 0.2) is 24.3 Å². The highest BCUT2D eigenvalue weighted by atomic mass is 16.5. The molecule has 1 fully saturated rings. The number of ether oxygens (including phenoxy) is 1. The van der Waals surface area contributed by atoms with Gasteiger partial charge in [0.15, 0.2) is 0 Å². The smallest absolute Gasteiger partial charge is 0.254 e. The molecule has 3 N–H and O–H groups in total. The van der Waals surface area contributed by atoms with Crippen molar-refractivity contribution in [3.63, 3.8) is 0 Å². The van der Waals surface area contributed by atoms with E-state index in [0.717, 1.165) is 0 Å². The Balaban J connectivity index is 1.98. The number of anilines is 1. The van der Waals surface area contributed by atoms with Crippen LogP contribution in [0.1, 0.15) is 17.3 Å². The van der Waals surface area contributed by atoms with Crippen molar-refractivity contribution in [1.82, 2.24) is 4.90 Å². The monoisotopic (exact) mass is 291 g/mol. The highest BCUT2D eigenvalue weighted by Crippen LogP contribution is 2.13. The lowest BCUT2D eigenvalue weighted by molar-refractivity contribution is -0.119. The van der Waals surface area contributed by atoms with Crippen molar-refractivity contribution in [2.24, 2.45) is 11.7 Å². The van der Waals surface area contributed by atoms with E-state index in [1.54, 1.807) is 36.1 Å². The Hall–Kier alpha value is -1.92. The second kappa shape index (κ2) is 7.19. The first-order chi connectivity index (χ1) is 10.1. The van der Waals surface area contributed by atoms with E-state index >= 15 is 0 Å². The molecule has 2 rings (SSSR count). The molecule has 21 heavy (non-hydrogen) atoms. The maximum Gasteiger partial charge on any atom is 0.254 e. The van der Waals surface area contributed by atoms with Gasteiger partial charge in [-0.15, -0.1) is 0 Å². The number of amides is 2. The van der Waals surface area contributed by atoms with Gasteiger partial charge in [0.25, 0.3) is 5.91 Å². The normalized spacial score (nSPS) is 16.4. The zero-order valence-electron chi connectivity index (χ0n) is 12.2. The molecule has 0 bridgehead atoms. The molecule has 1 heterocycles. The van der Waals surface area contributed by atoms with E-state index < -0.39 is 0 Å². The second-order valence-electron chi connectivity index (χ2n) is 5.11. The molecule has 1 aromatic rings. The van der Waals surface area contributed by atoms with Gasteiger partial charge in [-0.3, -0.25) is 9.59 Å². The van der Waals surface area contributed by atoms with E-state index in [0.29, 0.717) is 44.1 Å². The van der Waals surface area contributed by atoms with E-state index in [2.05, 4.69) is 5.32 Å². The standard InChI is InChI=1S/C15H21N3O3/c1-11(10-16)14(19)17-13-4-2-12(3-5-13)15(20)18-6-8-21-9-7-18/h2-5,11H,6-10,16H2,1H3,(H,17,19). The predicted octanol–water partition coefficient (Wildman–Crippen LogP) is 0.692. The van der Waals surface area contributed by atoms with Crippen LogP contribution < -0.4 is 11.1 Å². The highest BCUT2D eigenvalue weighted by Gasteiger charge is 2.18. The lowest BCUT2D eigenvalue weighted by Crippen LogP contribution is -2.40. The Labute approximate surface area is 124 Å². The van der Waals surface area contributed by atoms with Crippen LogP contribution in [0.3, 0.4) is 0 Å². The molecule has 1 aromatic carbocycles. The van der Waals surface area contributed by atoms with Crippen molar-refractivity contribution >= 4 is 17.5 Å². The molecule has 114 valence electrons. The molecule has 6 heteroatoms. The van der Waals surface area contributed by atoms with Gasteiger partial charge in [0.2, 0.25) is 5.91 Å². The van der Waals surface area contributed by atoms with E-state index in [-0.39, 0.29) is 17.7 Å². The van der Waals surface area contributed by atoms with Crippen LogP contribution in [0.2, 0.25) is 0 Å². The molecule has 0 spiro atoms. The Kier molecular flexibility index (Phi) is 5.30. The lowest BCUT2D eigenvalue weighted by Gasteiger charge is -2.26. The van der Waals surface area contributed by atoms with Crippen molar-refractivity contribution < 1.29 is 14.3 Å². The summed E-state index contributed by atoms with van der Waals surface area (Å²) < 4.78 is 5.23. The van der Waals surface area contributed by atoms with Gasteiger partial charge >= 0.3 is 0 Å². The van der Waals surface area contributed by atoms with Crippen LogP contribution >= 0.6 is 0 Å². The van der Waals surface area contributed by atoms with Gasteiger partial charge in [-0.25, -0.2) is 0 Å². The zero-order valence-corrected chi connectivity index (χ0v) is 12.2. The number of nitrogens with zero attached hydrogens (tertiary/aromatic N) is 1. The molecule has 1 aliphatic rings. The van der Waals surface area contributed by atoms with Gasteiger partial charge in [0.1, 0.15) is 0 Å². The van der Waals surface area contributed by atoms with Crippen LogP contribution in [0, 0.1) is 5.92 Å². The molecule has 1 saturated heterocycles. The Bertz CT molecular complexity index is 495. The van der Waals surface area contributed by atoms with Gasteiger partial charge in [-0.1, -0.05) is 6.92 Å². The number of benzene rings is 1. The summed E-state index contributed by atoms with van der Waals surface area (Å²) in [6.07, 6.45) is 0. The number of nitrogens with one attached hydrogen (secondary N) is 1. The summed E-state index contributed by atoms with van der Waals surface area (Å²) in [7, 11) is 0. The summed E-state index contributed by atoms with van der Waals surface area (Å²) in [5.74, 6) is -0.365. The average Bonchev–Trinajstić information content (AvgIpc) is 2.55. The molecule has 0 saturated carbocycles. The first kappa shape index (κ1) is 15.5. The molecule has 2 amide bonds. The van der Waals surface area contributed by atoms with Crippen LogP contribution in [0.4, 0.5) is 5.69 Å². The van der Waals surface area contributed by atoms with E-state index in [1.165, 1.54) is 0 Å². The number of morpholine rings is 1. The fraction of sp³-hybridized carbons (Fsp3) is 0.467. The van der Waals surface area contributed by atoms with Gasteiger partial charge < -0.3 is 20.7 Å². The molecule has 1 unspecified atom stereocenters. The third-order valence-corrected chi connectivity index (χ3v) is 3.50. The van der Waals surface area contributed by atoms with Crippen LogP contribution in [0.25, 0.3) is 0 Å². The fourth-order valence-corrected chi connectivity index (χ4v) is 2.02. The van der Waals surface area contributed by atoms with Crippen LogP contribution in [0.5, 0.6) is 0 Å². The van der Waals surface area contributed by atoms with Crippen molar-refractivity contribution in [1.29, 1.82) is 0 Å².